The van der Waals surface area contributed by atoms with E-state index in [1.54, 1.807) is 28.9 Å². The molecule has 0 saturated heterocycles. The van der Waals surface area contributed by atoms with Crippen molar-refractivity contribution < 1.29 is 9.90 Å². The number of thiazole rings is 1. The normalized spacial score (nSPS) is 10.8. The Bertz CT molecular complexity index is 1160. The van der Waals surface area contributed by atoms with Gasteiger partial charge >= 0.3 is 0 Å². The van der Waals surface area contributed by atoms with E-state index in [-0.39, 0.29) is 18.1 Å². The first-order valence-corrected chi connectivity index (χ1v) is 10.9. The molecule has 0 saturated carbocycles. The highest BCUT2D eigenvalue weighted by Crippen LogP contribution is 2.24. The van der Waals surface area contributed by atoms with Gasteiger partial charge in [0.25, 0.3) is 0 Å². The van der Waals surface area contributed by atoms with Crippen LogP contribution in [0.4, 0.5) is 5.69 Å². The Morgan fingerprint density at radius 1 is 1.20 bits per heavy atom. The lowest BCUT2D eigenvalue weighted by Crippen LogP contribution is -2.15. The zero-order valence-corrected chi connectivity index (χ0v) is 17.7. The number of phenols is 1. The summed E-state index contributed by atoms with van der Waals surface area (Å²) >= 11 is 2.91. The summed E-state index contributed by atoms with van der Waals surface area (Å²) in [7, 11) is 0. The maximum absolute atomic E-state index is 12.3. The predicted molar refractivity (Wildman–Crippen MR) is 116 cm³/mol. The predicted octanol–water partition coefficient (Wildman–Crippen LogP) is 3.61. The van der Waals surface area contributed by atoms with E-state index >= 15 is 0 Å². The summed E-state index contributed by atoms with van der Waals surface area (Å²) in [5.74, 6) is 0.672. The lowest BCUT2D eigenvalue weighted by Gasteiger charge is -2.06. The van der Waals surface area contributed by atoms with Crippen molar-refractivity contribution in [2.75, 3.05) is 5.32 Å². The summed E-state index contributed by atoms with van der Waals surface area (Å²) < 4.78 is 1.60. The van der Waals surface area contributed by atoms with Gasteiger partial charge in [0.15, 0.2) is 0 Å². The lowest BCUT2D eigenvalue weighted by molar-refractivity contribution is -0.115. The van der Waals surface area contributed by atoms with Crippen LogP contribution in [0.1, 0.15) is 16.3 Å². The fourth-order valence-electron chi connectivity index (χ4n) is 2.70. The van der Waals surface area contributed by atoms with Gasteiger partial charge in [0.1, 0.15) is 10.8 Å². The Morgan fingerprint density at radius 3 is 2.80 bits per heavy atom. The van der Waals surface area contributed by atoms with E-state index in [1.165, 1.54) is 23.1 Å². The van der Waals surface area contributed by atoms with E-state index in [9.17, 15) is 9.90 Å². The van der Waals surface area contributed by atoms with E-state index < -0.39 is 0 Å². The fraction of sp³-hybridized carbons (Fsp3) is 0.150. The number of rotatable bonds is 7. The molecule has 8 nitrogen and oxygen atoms in total. The Hall–Kier alpha value is -3.24. The van der Waals surface area contributed by atoms with E-state index in [0.717, 1.165) is 27.6 Å². The molecule has 0 aliphatic rings. The molecule has 4 aromatic rings. The minimum Gasteiger partial charge on any atom is -0.508 e. The number of hydrogen-bond donors (Lipinski definition) is 2. The highest BCUT2D eigenvalue weighted by atomic mass is 32.2. The number of aromatic nitrogens is 5. The van der Waals surface area contributed by atoms with Gasteiger partial charge in [-0.1, -0.05) is 30.0 Å². The summed E-state index contributed by atoms with van der Waals surface area (Å²) in [5, 5.41) is 27.5. The summed E-state index contributed by atoms with van der Waals surface area (Å²) in [6, 6.07) is 14.3. The smallest absolute Gasteiger partial charge is 0.231 e. The first-order valence-electron chi connectivity index (χ1n) is 9.08. The monoisotopic (exact) mass is 438 g/mol. The second-order valence-corrected chi connectivity index (χ2v) is 8.34. The molecule has 0 bridgehead atoms. The minimum atomic E-state index is -0.0888. The number of thioether (sulfide) groups is 1. The maximum atomic E-state index is 12.3. The van der Waals surface area contributed by atoms with Crippen molar-refractivity contribution >= 4 is 34.7 Å². The molecule has 0 radical (unpaired) electrons. The number of tetrazole rings is 1. The summed E-state index contributed by atoms with van der Waals surface area (Å²) in [4.78, 5) is 16.9. The molecular weight excluding hydrogens is 420 g/mol. The number of hydrogen-bond acceptors (Lipinski definition) is 8. The number of anilines is 1. The molecule has 2 heterocycles. The molecular formula is C20H18N6O2S2. The molecule has 0 aliphatic carbocycles. The summed E-state index contributed by atoms with van der Waals surface area (Å²) in [6.07, 6.45) is 0.231. The van der Waals surface area contributed by atoms with Crippen molar-refractivity contribution in [3.05, 3.63) is 70.2 Å². The molecule has 10 heteroatoms. The number of carbonyl (C=O) groups excluding carboxylic acids is 1. The topological polar surface area (TPSA) is 106 Å². The summed E-state index contributed by atoms with van der Waals surface area (Å²) in [5.41, 5.74) is 3.46. The number of para-hydroxylation sites is 1. The fourth-order valence-corrected chi connectivity index (χ4v) is 4.39. The van der Waals surface area contributed by atoms with Crippen LogP contribution in [0.3, 0.4) is 0 Å². The van der Waals surface area contributed by atoms with Crippen LogP contribution in [-0.4, -0.2) is 36.2 Å². The van der Waals surface area contributed by atoms with Crippen molar-refractivity contribution in [3.63, 3.8) is 0 Å². The zero-order valence-electron chi connectivity index (χ0n) is 16.0. The molecule has 2 N–H and O–H groups in total. The Morgan fingerprint density at radius 2 is 2.00 bits per heavy atom. The van der Waals surface area contributed by atoms with Gasteiger partial charge in [0.2, 0.25) is 11.1 Å². The molecule has 30 heavy (non-hydrogen) atoms. The minimum absolute atomic E-state index is 0.0888. The zero-order chi connectivity index (χ0) is 20.9. The van der Waals surface area contributed by atoms with Crippen LogP contribution in [0.15, 0.2) is 59.1 Å². The van der Waals surface area contributed by atoms with Crippen LogP contribution in [0.25, 0.3) is 5.69 Å². The van der Waals surface area contributed by atoms with Crippen molar-refractivity contribution in [1.29, 1.82) is 0 Å². The summed E-state index contributed by atoms with van der Waals surface area (Å²) in [6.45, 7) is 1.96. The number of carbonyl (C=O) groups is 1. The average molecular weight is 439 g/mol. The van der Waals surface area contributed by atoms with Crippen molar-refractivity contribution in [2.45, 2.75) is 24.3 Å². The first-order chi connectivity index (χ1) is 14.6. The second kappa shape index (κ2) is 9.06. The van der Waals surface area contributed by atoms with Crippen molar-refractivity contribution in [2.24, 2.45) is 0 Å². The molecule has 2 aromatic heterocycles. The SMILES string of the molecule is Cc1ccccc1NC(=O)Cc1nc(CSc2nnnn2-c2ccc(O)cc2)cs1. The molecule has 152 valence electrons. The maximum Gasteiger partial charge on any atom is 0.231 e. The number of nitrogens with zero attached hydrogens (tertiary/aromatic N) is 5. The Balaban J connectivity index is 1.35. The van der Waals surface area contributed by atoms with Crippen LogP contribution in [-0.2, 0) is 17.0 Å². The first kappa shape index (κ1) is 20.0. The van der Waals surface area contributed by atoms with Gasteiger partial charge in [-0.05, 0) is 53.2 Å². The lowest BCUT2D eigenvalue weighted by atomic mass is 10.2. The van der Waals surface area contributed by atoms with Gasteiger partial charge in [0.05, 0.1) is 17.8 Å². The van der Waals surface area contributed by atoms with Gasteiger partial charge in [0, 0.05) is 16.8 Å². The van der Waals surface area contributed by atoms with E-state index in [1.807, 2.05) is 36.6 Å². The van der Waals surface area contributed by atoms with Gasteiger partial charge in [-0.15, -0.1) is 16.4 Å². The standard InChI is InChI=1S/C20H18N6O2S2/c1-13-4-2-3-5-17(13)22-18(28)10-19-21-14(11-29-19)12-30-20-23-24-25-26(20)15-6-8-16(27)9-7-15/h2-9,11,27H,10,12H2,1H3,(H,22,28). The number of aryl methyl sites for hydroxylation is 1. The van der Waals surface area contributed by atoms with Gasteiger partial charge in [-0.2, -0.15) is 4.68 Å². The van der Waals surface area contributed by atoms with Gasteiger partial charge in [-0.3, -0.25) is 4.79 Å². The van der Waals surface area contributed by atoms with Crippen molar-refractivity contribution in [1.82, 2.24) is 25.2 Å². The van der Waals surface area contributed by atoms with Crippen LogP contribution in [0.5, 0.6) is 5.75 Å². The van der Waals surface area contributed by atoms with Crippen molar-refractivity contribution in [3.8, 4) is 11.4 Å². The van der Waals surface area contributed by atoms with Crippen LogP contribution in [0.2, 0.25) is 0 Å². The number of amides is 1. The average Bonchev–Trinajstić information content (AvgIpc) is 3.38. The largest absolute Gasteiger partial charge is 0.508 e. The van der Waals surface area contributed by atoms with Crippen LogP contribution in [0, 0.1) is 6.92 Å². The molecule has 0 aliphatic heterocycles. The highest BCUT2D eigenvalue weighted by Gasteiger charge is 2.13. The number of nitrogens with one attached hydrogen (secondary N) is 1. The number of aromatic hydroxyl groups is 1. The van der Waals surface area contributed by atoms with E-state index in [0.29, 0.717) is 10.9 Å². The van der Waals surface area contributed by atoms with Crippen LogP contribution >= 0.6 is 23.1 Å². The van der Waals surface area contributed by atoms with E-state index in [4.69, 9.17) is 0 Å². The third-order valence-corrected chi connectivity index (χ3v) is 6.07. The Kier molecular flexibility index (Phi) is 6.05. The van der Waals surface area contributed by atoms with Gasteiger partial charge in [-0.25, -0.2) is 4.98 Å². The quantitative estimate of drug-likeness (QED) is 0.425. The molecule has 1 amide bonds. The number of benzene rings is 2. The highest BCUT2D eigenvalue weighted by molar-refractivity contribution is 7.98. The molecule has 0 fully saturated rings. The molecule has 0 unspecified atom stereocenters. The third-order valence-electron chi connectivity index (χ3n) is 4.21. The van der Waals surface area contributed by atoms with E-state index in [2.05, 4.69) is 25.8 Å². The molecule has 0 spiro atoms. The number of phenolic OH excluding ortho intramolecular Hbond substituents is 1. The molecule has 2 aromatic carbocycles. The van der Waals surface area contributed by atoms with Crippen LogP contribution < -0.4 is 5.32 Å². The Labute approximate surface area is 181 Å². The molecule has 0 atom stereocenters. The third kappa shape index (κ3) is 4.84. The second-order valence-electron chi connectivity index (χ2n) is 6.45. The van der Waals surface area contributed by atoms with Gasteiger partial charge < -0.3 is 10.4 Å². The molecule has 4 rings (SSSR count).